The fourth-order valence-corrected chi connectivity index (χ4v) is 0.311. The van der Waals surface area contributed by atoms with Crippen LogP contribution in [0, 0.1) is 6.57 Å². The monoisotopic (exact) mass is 143 g/mol. The molecule has 0 saturated heterocycles. The summed E-state index contributed by atoms with van der Waals surface area (Å²) in [6, 6.07) is 0. The van der Waals surface area contributed by atoms with Crippen LogP contribution in [0.1, 0.15) is 20.8 Å². The number of hydrogen-bond acceptors (Lipinski definition) is 2. The zero-order chi connectivity index (χ0) is 7.98. The van der Waals surface area contributed by atoms with Crippen molar-refractivity contribution in [2.75, 3.05) is 6.79 Å². The van der Waals surface area contributed by atoms with Crippen molar-refractivity contribution in [2.24, 2.45) is 0 Å². The summed E-state index contributed by atoms with van der Waals surface area (Å²) >= 11 is 0. The molecule has 0 aliphatic heterocycles. The summed E-state index contributed by atoms with van der Waals surface area (Å²) in [5, 5.41) is 0. The maximum atomic E-state index is 6.54. The summed E-state index contributed by atoms with van der Waals surface area (Å²) in [7, 11) is 0. The first-order chi connectivity index (χ1) is 4.66. The Morgan fingerprint density at radius 1 is 1.30 bits per heavy atom. The Balaban J connectivity index is 3.13. The minimum absolute atomic E-state index is 0.165. The fraction of sp³-hybridized carbons (Fsp3) is 0.857. The van der Waals surface area contributed by atoms with Crippen molar-refractivity contribution in [1.82, 2.24) is 0 Å². The van der Waals surface area contributed by atoms with Crippen LogP contribution in [0.5, 0.6) is 0 Å². The summed E-state index contributed by atoms with van der Waals surface area (Å²) in [4.78, 5) is 3.13. The Kier molecular flexibility index (Phi) is 4.91. The summed E-state index contributed by atoms with van der Waals surface area (Å²) in [5.41, 5.74) is 0. The standard InChI is InChI=1S/C7H13NO2/c1-6(2)9-5-10-7(3)8-4/h6-7H,5H2,1-3H3. The quantitative estimate of drug-likeness (QED) is 0.441. The molecule has 0 fully saturated rings. The third kappa shape index (κ3) is 5.54. The molecule has 3 heteroatoms. The van der Waals surface area contributed by atoms with Crippen LogP contribution in [0.4, 0.5) is 0 Å². The minimum atomic E-state index is -0.390. The molecule has 10 heavy (non-hydrogen) atoms. The number of nitrogens with zero attached hydrogens (tertiary/aromatic N) is 1. The van der Waals surface area contributed by atoms with E-state index >= 15 is 0 Å². The smallest absolute Gasteiger partial charge is 0.326 e. The predicted octanol–water partition coefficient (Wildman–Crippen LogP) is 1.65. The summed E-state index contributed by atoms with van der Waals surface area (Å²) in [5.74, 6) is 0. The first-order valence-corrected chi connectivity index (χ1v) is 3.26. The molecular formula is C7H13NO2. The molecule has 1 atom stereocenters. The fourth-order valence-electron chi connectivity index (χ4n) is 0.311. The molecule has 0 rings (SSSR count). The van der Waals surface area contributed by atoms with Crippen molar-refractivity contribution in [2.45, 2.75) is 33.1 Å². The van der Waals surface area contributed by atoms with Gasteiger partial charge in [-0.3, -0.25) is 9.58 Å². The van der Waals surface area contributed by atoms with Crippen LogP contribution in [0.25, 0.3) is 4.85 Å². The molecular weight excluding hydrogens is 130 g/mol. The van der Waals surface area contributed by atoms with Crippen LogP contribution in [-0.2, 0) is 9.47 Å². The van der Waals surface area contributed by atoms with Crippen LogP contribution in [0.3, 0.4) is 0 Å². The maximum absolute atomic E-state index is 6.54. The molecule has 0 amide bonds. The zero-order valence-corrected chi connectivity index (χ0v) is 6.63. The second-order valence-electron chi connectivity index (χ2n) is 2.23. The van der Waals surface area contributed by atoms with Gasteiger partial charge in [0, 0.05) is 6.92 Å². The number of ether oxygens (including phenoxy) is 2. The van der Waals surface area contributed by atoms with E-state index in [-0.39, 0.29) is 12.9 Å². The second kappa shape index (κ2) is 5.21. The van der Waals surface area contributed by atoms with E-state index in [2.05, 4.69) is 4.85 Å². The summed E-state index contributed by atoms with van der Waals surface area (Å²) in [6.07, 6.45) is -0.225. The van der Waals surface area contributed by atoms with Gasteiger partial charge in [0.1, 0.15) is 0 Å². The average molecular weight is 143 g/mol. The van der Waals surface area contributed by atoms with E-state index in [1.807, 2.05) is 13.8 Å². The lowest BCUT2D eigenvalue weighted by molar-refractivity contribution is -0.0932. The lowest BCUT2D eigenvalue weighted by atomic mass is 10.5. The van der Waals surface area contributed by atoms with Crippen LogP contribution in [0.15, 0.2) is 0 Å². The first kappa shape index (κ1) is 9.41. The van der Waals surface area contributed by atoms with Gasteiger partial charge in [0.05, 0.1) is 6.10 Å². The van der Waals surface area contributed by atoms with Crippen LogP contribution >= 0.6 is 0 Å². The van der Waals surface area contributed by atoms with Crippen molar-refractivity contribution in [3.63, 3.8) is 0 Å². The van der Waals surface area contributed by atoms with Crippen LogP contribution < -0.4 is 0 Å². The predicted molar refractivity (Wildman–Crippen MR) is 38.2 cm³/mol. The maximum Gasteiger partial charge on any atom is 0.326 e. The normalized spacial score (nSPS) is 13.1. The molecule has 0 aromatic heterocycles. The van der Waals surface area contributed by atoms with E-state index in [0.29, 0.717) is 0 Å². The molecule has 0 N–H and O–H groups in total. The van der Waals surface area contributed by atoms with E-state index in [1.54, 1.807) is 6.92 Å². The molecule has 0 bridgehead atoms. The molecule has 1 unspecified atom stereocenters. The second-order valence-corrected chi connectivity index (χ2v) is 2.23. The van der Waals surface area contributed by atoms with Gasteiger partial charge in [0.15, 0.2) is 6.79 Å². The topological polar surface area (TPSA) is 22.8 Å². The van der Waals surface area contributed by atoms with Crippen molar-refractivity contribution in [3.8, 4) is 0 Å². The highest BCUT2D eigenvalue weighted by Crippen LogP contribution is 1.94. The van der Waals surface area contributed by atoms with E-state index in [1.165, 1.54) is 0 Å². The number of rotatable bonds is 4. The molecule has 0 radical (unpaired) electrons. The minimum Gasteiger partial charge on any atom is -0.352 e. The molecule has 58 valence electrons. The van der Waals surface area contributed by atoms with Crippen molar-refractivity contribution in [1.29, 1.82) is 0 Å². The largest absolute Gasteiger partial charge is 0.352 e. The van der Waals surface area contributed by atoms with Gasteiger partial charge in [0.2, 0.25) is 0 Å². The highest BCUT2D eigenvalue weighted by atomic mass is 16.7. The Morgan fingerprint density at radius 2 is 1.90 bits per heavy atom. The molecule has 0 spiro atoms. The summed E-state index contributed by atoms with van der Waals surface area (Å²) < 4.78 is 9.97. The average Bonchev–Trinajstić information content (AvgIpc) is 1.87. The Labute approximate surface area is 61.8 Å². The van der Waals surface area contributed by atoms with Crippen molar-refractivity contribution >= 4 is 0 Å². The van der Waals surface area contributed by atoms with Gasteiger partial charge in [0.25, 0.3) is 0 Å². The van der Waals surface area contributed by atoms with Crippen molar-refractivity contribution < 1.29 is 9.47 Å². The Morgan fingerprint density at radius 3 is 2.30 bits per heavy atom. The van der Waals surface area contributed by atoms with E-state index in [4.69, 9.17) is 16.0 Å². The van der Waals surface area contributed by atoms with E-state index < -0.39 is 6.23 Å². The molecule has 0 aliphatic rings. The van der Waals surface area contributed by atoms with E-state index in [0.717, 1.165) is 0 Å². The SMILES string of the molecule is [C-]#[N+]C(C)OCOC(C)C. The molecule has 0 aromatic carbocycles. The molecule has 3 nitrogen and oxygen atoms in total. The highest BCUT2D eigenvalue weighted by molar-refractivity contribution is 4.59. The van der Waals surface area contributed by atoms with Gasteiger partial charge in [-0.1, -0.05) is 0 Å². The molecule has 0 aliphatic carbocycles. The Bertz CT molecular complexity index is 117. The van der Waals surface area contributed by atoms with Crippen LogP contribution in [-0.4, -0.2) is 19.1 Å². The zero-order valence-electron chi connectivity index (χ0n) is 6.63. The van der Waals surface area contributed by atoms with Gasteiger partial charge in [-0.25, -0.2) is 6.57 Å². The van der Waals surface area contributed by atoms with Gasteiger partial charge in [-0.05, 0) is 13.8 Å². The highest BCUT2D eigenvalue weighted by Gasteiger charge is 2.02. The Hall–Kier alpha value is -0.590. The van der Waals surface area contributed by atoms with Gasteiger partial charge in [-0.2, -0.15) is 0 Å². The van der Waals surface area contributed by atoms with Crippen LogP contribution in [0.2, 0.25) is 0 Å². The van der Waals surface area contributed by atoms with Gasteiger partial charge >= 0.3 is 6.23 Å². The summed E-state index contributed by atoms with van der Waals surface area (Å²) in [6.45, 7) is 12.3. The first-order valence-electron chi connectivity index (χ1n) is 3.26. The molecule has 0 saturated carbocycles. The van der Waals surface area contributed by atoms with Gasteiger partial charge < -0.3 is 4.74 Å². The third-order valence-corrected chi connectivity index (χ3v) is 0.892. The third-order valence-electron chi connectivity index (χ3n) is 0.892. The van der Waals surface area contributed by atoms with E-state index in [9.17, 15) is 0 Å². The van der Waals surface area contributed by atoms with Crippen molar-refractivity contribution in [3.05, 3.63) is 11.4 Å². The lowest BCUT2D eigenvalue weighted by Gasteiger charge is -2.06. The van der Waals surface area contributed by atoms with Gasteiger partial charge in [-0.15, -0.1) is 0 Å². The molecule has 0 aromatic rings. The lowest BCUT2D eigenvalue weighted by Crippen LogP contribution is -2.11. The molecule has 0 heterocycles. The number of hydrogen-bond donors (Lipinski definition) is 0.